The minimum absolute atomic E-state index is 0.285. The zero-order valence-electron chi connectivity index (χ0n) is 8.95. The molecule has 0 rings (SSSR count). The molecule has 0 aromatic rings. The Balaban J connectivity index is 4.48. The van der Waals surface area contributed by atoms with E-state index in [0.717, 1.165) is 0 Å². The number of amides is 1. The Morgan fingerprint density at radius 3 is 2.12 bits per heavy atom. The average Bonchev–Trinajstić information content (AvgIpc) is 2.22. The number of nitrogens with one attached hydrogen (secondary N) is 1. The van der Waals surface area contributed by atoms with Crippen LogP contribution >= 0.6 is 11.6 Å². The average molecular weight is 260 g/mol. The molecule has 1 atom stereocenters. The molecule has 0 saturated carbocycles. The summed E-state index contributed by atoms with van der Waals surface area (Å²) in [7, 11) is 0. The van der Waals surface area contributed by atoms with Gasteiger partial charge in [-0.05, 0) is 6.42 Å². The van der Waals surface area contributed by atoms with Gasteiger partial charge in [0.15, 0.2) is 5.78 Å². The van der Waals surface area contributed by atoms with E-state index in [9.17, 15) is 22.8 Å². The summed E-state index contributed by atoms with van der Waals surface area (Å²) in [5.74, 6) is -2.72. The van der Waals surface area contributed by atoms with Gasteiger partial charge in [-0.25, -0.2) is 0 Å². The van der Waals surface area contributed by atoms with Crippen LogP contribution in [0.4, 0.5) is 13.2 Å². The van der Waals surface area contributed by atoms with Crippen molar-refractivity contribution in [1.82, 2.24) is 5.32 Å². The third kappa shape index (κ3) is 4.00. The smallest absolute Gasteiger partial charge is 0.347 e. The number of ketones is 1. The molecular weight excluding hydrogens is 247 g/mol. The minimum atomic E-state index is -4.93. The maximum absolute atomic E-state index is 11.9. The molecule has 0 aliphatic rings. The molecule has 16 heavy (non-hydrogen) atoms. The Bertz CT molecular complexity index is 280. The number of hydrogen-bond donors (Lipinski definition) is 1. The van der Waals surface area contributed by atoms with Crippen molar-refractivity contribution in [3.8, 4) is 0 Å². The lowest BCUT2D eigenvalue weighted by molar-refractivity contribution is -0.174. The normalized spacial score (nSPS) is 15.4. The van der Waals surface area contributed by atoms with E-state index in [1.807, 2.05) is 0 Å². The van der Waals surface area contributed by atoms with E-state index in [0.29, 0.717) is 6.42 Å². The zero-order valence-corrected chi connectivity index (χ0v) is 9.71. The second-order valence-electron chi connectivity index (χ2n) is 3.65. The molecule has 0 bridgehead atoms. The van der Waals surface area contributed by atoms with Gasteiger partial charge in [0.1, 0.15) is 0 Å². The highest BCUT2D eigenvalue weighted by Gasteiger charge is 2.40. The molecule has 1 amide bonds. The lowest BCUT2D eigenvalue weighted by Crippen LogP contribution is -2.45. The van der Waals surface area contributed by atoms with Crippen molar-refractivity contribution in [3.05, 3.63) is 0 Å². The van der Waals surface area contributed by atoms with Crippen LogP contribution in [0.1, 0.15) is 20.3 Å². The first-order valence-electron chi connectivity index (χ1n) is 4.61. The summed E-state index contributed by atoms with van der Waals surface area (Å²) in [5.41, 5.74) is -1.05. The van der Waals surface area contributed by atoms with E-state index in [4.69, 9.17) is 11.6 Å². The second-order valence-corrected chi connectivity index (χ2v) is 3.92. The predicted octanol–water partition coefficient (Wildman–Crippen LogP) is 1.89. The molecule has 0 aliphatic heterocycles. The van der Waals surface area contributed by atoms with Gasteiger partial charge in [0.05, 0.1) is 5.88 Å². The third-order valence-electron chi connectivity index (χ3n) is 2.47. The molecule has 0 aromatic carbocycles. The topological polar surface area (TPSA) is 46.2 Å². The first-order chi connectivity index (χ1) is 7.17. The van der Waals surface area contributed by atoms with Gasteiger partial charge >= 0.3 is 12.1 Å². The Morgan fingerprint density at radius 1 is 1.31 bits per heavy atom. The van der Waals surface area contributed by atoms with Crippen molar-refractivity contribution >= 4 is 23.3 Å². The molecule has 0 saturated heterocycles. The van der Waals surface area contributed by atoms with Crippen molar-refractivity contribution in [2.75, 3.05) is 12.4 Å². The number of rotatable bonds is 5. The molecule has 94 valence electrons. The number of carbonyl (C=O) groups excluding carboxylic acids is 2. The summed E-state index contributed by atoms with van der Waals surface area (Å²) in [5, 5.41) is 1.69. The molecule has 7 heteroatoms. The van der Waals surface area contributed by atoms with Gasteiger partial charge in [0, 0.05) is 12.0 Å². The molecule has 0 radical (unpaired) electrons. The first-order valence-corrected chi connectivity index (χ1v) is 5.15. The number of halogens is 4. The number of hydrogen-bond acceptors (Lipinski definition) is 2. The summed E-state index contributed by atoms with van der Waals surface area (Å²) in [4.78, 5) is 21.9. The number of Topliss-reactive ketones (excluding diaryl/α,β-unsaturated/α-hetero) is 1. The van der Waals surface area contributed by atoms with Crippen LogP contribution in [0.3, 0.4) is 0 Å². The van der Waals surface area contributed by atoms with Crippen LogP contribution in [0.25, 0.3) is 0 Å². The lowest BCUT2D eigenvalue weighted by atomic mass is 9.83. The lowest BCUT2D eigenvalue weighted by Gasteiger charge is -2.26. The van der Waals surface area contributed by atoms with Crippen LogP contribution in [0.5, 0.6) is 0 Å². The second kappa shape index (κ2) is 5.52. The van der Waals surface area contributed by atoms with Gasteiger partial charge in [-0.3, -0.25) is 9.59 Å². The highest BCUT2D eigenvalue weighted by atomic mass is 35.5. The van der Waals surface area contributed by atoms with E-state index in [2.05, 4.69) is 0 Å². The van der Waals surface area contributed by atoms with E-state index in [1.54, 1.807) is 12.2 Å². The van der Waals surface area contributed by atoms with Crippen molar-refractivity contribution < 1.29 is 22.8 Å². The van der Waals surface area contributed by atoms with Crippen molar-refractivity contribution in [1.29, 1.82) is 0 Å². The Labute approximate surface area is 96.3 Å². The molecule has 1 unspecified atom stereocenters. The summed E-state index contributed by atoms with van der Waals surface area (Å²) < 4.78 is 35.7. The predicted molar refractivity (Wildman–Crippen MR) is 53.2 cm³/mol. The summed E-state index contributed by atoms with van der Waals surface area (Å²) >= 11 is 5.34. The van der Waals surface area contributed by atoms with Gasteiger partial charge in [0.25, 0.3) is 0 Å². The fraction of sp³-hybridized carbons (Fsp3) is 0.778. The monoisotopic (exact) mass is 259 g/mol. The van der Waals surface area contributed by atoms with Crippen molar-refractivity contribution in [3.63, 3.8) is 0 Å². The molecule has 1 N–H and O–H groups in total. The molecular formula is C9H13ClF3NO2. The maximum atomic E-state index is 11.9. The number of carbonyl (C=O) groups is 2. The molecule has 0 heterocycles. The quantitative estimate of drug-likeness (QED) is 0.767. The van der Waals surface area contributed by atoms with Gasteiger partial charge in [0.2, 0.25) is 0 Å². The number of alkyl halides is 4. The van der Waals surface area contributed by atoms with Crippen LogP contribution in [-0.4, -0.2) is 30.3 Å². The molecule has 3 nitrogen and oxygen atoms in total. The van der Waals surface area contributed by atoms with Crippen LogP contribution in [-0.2, 0) is 9.59 Å². The van der Waals surface area contributed by atoms with Gasteiger partial charge in [-0.1, -0.05) is 13.8 Å². The molecule has 0 aromatic heterocycles. The molecule has 0 fully saturated rings. The highest BCUT2D eigenvalue weighted by molar-refractivity contribution is 6.28. The van der Waals surface area contributed by atoms with Gasteiger partial charge in [-0.15, -0.1) is 11.6 Å². The Kier molecular flexibility index (Phi) is 5.25. The Hall–Kier alpha value is -0.780. The molecule has 0 aliphatic carbocycles. The van der Waals surface area contributed by atoms with Crippen molar-refractivity contribution in [2.45, 2.75) is 26.4 Å². The summed E-state index contributed by atoms with van der Waals surface area (Å²) in [6, 6.07) is 0. The van der Waals surface area contributed by atoms with Crippen LogP contribution < -0.4 is 5.32 Å². The summed E-state index contributed by atoms with van der Waals surface area (Å²) in [6.45, 7) is 2.74. The van der Waals surface area contributed by atoms with Crippen LogP contribution in [0.15, 0.2) is 0 Å². The van der Waals surface area contributed by atoms with Gasteiger partial charge < -0.3 is 5.32 Å². The fourth-order valence-corrected chi connectivity index (χ4v) is 1.28. The van der Waals surface area contributed by atoms with E-state index in [-0.39, 0.29) is 18.2 Å². The molecule has 0 spiro atoms. The largest absolute Gasteiger partial charge is 0.471 e. The van der Waals surface area contributed by atoms with E-state index < -0.39 is 17.5 Å². The SMILES string of the molecule is CCC(C)(CNC(=O)C(F)(F)F)C(=O)CCl. The summed E-state index contributed by atoms with van der Waals surface area (Å²) in [6.07, 6.45) is -4.63. The van der Waals surface area contributed by atoms with Crippen molar-refractivity contribution in [2.24, 2.45) is 5.41 Å². The third-order valence-corrected chi connectivity index (χ3v) is 2.71. The Morgan fingerprint density at radius 2 is 1.81 bits per heavy atom. The highest BCUT2D eigenvalue weighted by Crippen LogP contribution is 2.23. The van der Waals surface area contributed by atoms with Gasteiger partial charge in [-0.2, -0.15) is 13.2 Å². The van der Waals surface area contributed by atoms with Crippen LogP contribution in [0, 0.1) is 5.41 Å². The first kappa shape index (κ1) is 15.2. The van der Waals surface area contributed by atoms with E-state index >= 15 is 0 Å². The minimum Gasteiger partial charge on any atom is -0.347 e. The standard InChI is InChI=1S/C9H13ClF3NO2/c1-3-8(2,6(15)4-10)5-14-7(16)9(11,12)13/h3-5H2,1-2H3,(H,14,16). The van der Waals surface area contributed by atoms with Crippen LogP contribution in [0.2, 0.25) is 0 Å². The van der Waals surface area contributed by atoms with E-state index in [1.165, 1.54) is 6.92 Å². The fourth-order valence-electron chi connectivity index (χ4n) is 0.958. The maximum Gasteiger partial charge on any atom is 0.471 e. The zero-order chi connectivity index (χ0) is 13.0.